The van der Waals surface area contributed by atoms with Crippen molar-refractivity contribution in [1.82, 2.24) is 19.4 Å². The van der Waals surface area contributed by atoms with Gasteiger partial charge in [-0.05, 0) is 37.1 Å². The Kier molecular flexibility index (Phi) is 6.64. The van der Waals surface area contributed by atoms with E-state index in [1.807, 2.05) is 24.3 Å². The number of nitrogens with zero attached hydrogens (tertiary/aromatic N) is 4. The molecule has 8 heteroatoms. The van der Waals surface area contributed by atoms with Crippen molar-refractivity contribution in [1.29, 1.82) is 0 Å². The van der Waals surface area contributed by atoms with Gasteiger partial charge in [-0.25, -0.2) is 9.37 Å². The Morgan fingerprint density at radius 1 is 1.23 bits per heavy atom. The van der Waals surface area contributed by atoms with Crippen LogP contribution in [-0.4, -0.2) is 76.8 Å². The lowest BCUT2D eigenvalue weighted by Crippen LogP contribution is -2.55. The number of carbonyl (C=O) groups excluding carboxylic acids is 1. The van der Waals surface area contributed by atoms with Gasteiger partial charge in [0, 0.05) is 51.5 Å². The molecule has 0 bridgehead atoms. The molecule has 2 saturated heterocycles. The number of hydrogen-bond acceptors (Lipinski definition) is 5. The Morgan fingerprint density at radius 3 is 2.70 bits per heavy atom. The number of morpholine rings is 1. The third kappa shape index (κ3) is 5.17. The second-order valence-electron chi connectivity index (χ2n) is 8.02. The molecule has 7 nitrogen and oxygen atoms in total. The van der Waals surface area contributed by atoms with E-state index < -0.39 is 0 Å². The van der Waals surface area contributed by atoms with Gasteiger partial charge < -0.3 is 23.8 Å². The molecule has 2 aliphatic rings. The van der Waals surface area contributed by atoms with E-state index in [4.69, 9.17) is 9.47 Å². The molecule has 4 rings (SSSR count). The van der Waals surface area contributed by atoms with Crippen LogP contribution in [0, 0.1) is 5.82 Å². The summed E-state index contributed by atoms with van der Waals surface area (Å²) in [4.78, 5) is 21.3. The second-order valence-corrected chi connectivity index (χ2v) is 8.02. The lowest BCUT2D eigenvalue weighted by molar-refractivity contribution is -0.155. The number of ether oxygens (including phenoxy) is 2. The molecule has 1 aromatic carbocycles. The van der Waals surface area contributed by atoms with Crippen molar-refractivity contribution in [3.63, 3.8) is 0 Å². The molecule has 2 aliphatic heterocycles. The Morgan fingerprint density at radius 2 is 2.00 bits per heavy atom. The van der Waals surface area contributed by atoms with E-state index in [0.717, 1.165) is 44.7 Å². The molecule has 0 N–H and O–H groups in total. The molecule has 2 aromatic rings. The Labute approximate surface area is 176 Å². The molecule has 1 amide bonds. The van der Waals surface area contributed by atoms with Gasteiger partial charge in [-0.3, -0.25) is 4.79 Å². The fourth-order valence-corrected chi connectivity index (χ4v) is 4.17. The highest BCUT2D eigenvalue weighted by Crippen LogP contribution is 2.21. The van der Waals surface area contributed by atoms with Crippen molar-refractivity contribution in [2.45, 2.75) is 31.4 Å². The van der Waals surface area contributed by atoms with E-state index in [1.165, 1.54) is 12.1 Å². The van der Waals surface area contributed by atoms with Crippen LogP contribution in [0.15, 0.2) is 36.7 Å². The highest BCUT2D eigenvalue weighted by Gasteiger charge is 2.33. The minimum atomic E-state index is -0.292. The number of aromatic nitrogens is 2. The summed E-state index contributed by atoms with van der Waals surface area (Å²) in [6.07, 6.45) is 6.52. The van der Waals surface area contributed by atoms with Crippen LogP contribution in [0.25, 0.3) is 0 Å². The normalized spacial score (nSPS) is 21.2. The van der Waals surface area contributed by atoms with Crippen LogP contribution < -0.4 is 4.74 Å². The number of piperidine rings is 1. The van der Waals surface area contributed by atoms with Gasteiger partial charge in [0.15, 0.2) is 0 Å². The first-order valence-electron chi connectivity index (χ1n) is 10.6. The zero-order valence-corrected chi connectivity index (χ0v) is 17.4. The molecule has 0 aliphatic carbocycles. The number of imidazole rings is 1. The van der Waals surface area contributed by atoms with Crippen LogP contribution in [0.3, 0.4) is 0 Å². The summed E-state index contributed by atoms with van der Waals surface area (Å²) in [5.41, 5.74) is 0. The van der Waals surface area contributed by atoms with Crippen LogP contribution in [0.1, 0.15) is 18.7 Å². The third-order valence-corrected chi connectivity index (χ3v) is 5.98. The minimum Gasteiger partial charge on any atom is -0.491 e. The van der Waals surface area contributed by atoms with Gasteiger partial charge in [0.2, 0.25) is 5.91 Å². The predicted molar refractivity (Wildman–Crippen MR) is 110 cm³/mol. The molecule has 3 heterocycles. The maximum atomic E-state index is 13.0. The lowest BCUT2D eigenvalue weighted by Gasteiger charge is -2.42. The number of amides is 1. The predicted octanol–water partition coefficient (Wildman–Crippen LogP) is 1.87. The van der Waals surface area contributed by atoms with Gasteiger partial charge in [0.1, 0.15) is 36.7 Å². The topological polar surface area (TPSA) is 59.8 Å². The quantitative estimate of drug-likeness (QED) is 0.690. The SMILES string of the molecule is Cn1ccnc1CCN1CCC(N2CC(COc3ccc(F)cc3)OCC2=O)CC1. The average Bonchev–Trinajstić information content (AvgIpc) is 3.18. The van der Waals surface area contributed by atoms with Crippen molar-refractivity contribution in [2.75, 3.05) is 39.4 Å². The molecular formula is C22H29FN4O3. The van der Waals surface area contributed by atoms with Crippen LogP contribution in [-0.2, 0) is 23.0 Å². The van der Waals surface area contributed by atoms with E-state index >= 15 is 0 Å². The molecule has 162 valence electrons. The summed E-state index contributed by atoms with van der Waals surface area (Å²) < 4.78 is 26.5. The average molecular weight is 416 g/mol. The smallest absolute Gasteiger partial charge is 0.248 e. The largest absolute Gasteiger partial charge is 0.491 e. The first-order valence-corrected chi connectivity index (χ1v) is 10.6. The zero-order chi connectivity index (χ0) is 20.9. The van der Waals surface area contributed by atoms with E-state index in [1.54, 1.807) is 12.1 Å². The van der Waals surface area contributed by atoms with Gasteiger partial charge in [-0.1, -0.05) is 0 Å². The Balaban J connectivity index is 1.23. The number of hydrogen-bond donors (Lipinski definition) is 0. The fraction of sp³-hybridized carbons (Fsp3) is 0.545. The van der Waals surface area contributed by atoms with Crippen molar-refractivity contribution >= 4 is 5.91 Å². The summed E-state index contributed by atoms with van der Waals surface area (Å²) in [5.74, 6) is 1.47. The summed E-state index contributed by atoms with van der Waals surface area (Å²) in [5, 5.41) is 0. The zero-order valence-electron chi connectivity index (χ0n) is 17.4. The molecule has 1 unspecified atom stereocenters. The summed E-state index contributed by atoms with van der Waals surface area (Å²) in [6.45, 7) is 3.93. The van der Waals surface area contributed by atoms with E-state index in [2.05, 4.69) is 14.5 Å². The summed E-state index contributed by atoms with van der Waals surface area (Å²) in [6, 6.07) is 6.19. The van der Waals surface area contributed by atoms with Crippen molar-refractivity contribution in [3.05, 3.63) is 48.3 Å². The highest BCUT2D eigenvalue weighted by atomic mass is 19.1. The van der Waals surface area contributed by atoms with E-state index in [0.29, 0.717) is 18.9 Å². The molecule has 0 radical (unpaired) electrons. The van der Waals surface area contributed by atoms with Crippen molar-refractivity contribution < 1.29 is 18.7 Å². The van der Waals surface area contributed by atoms with Crippen molar-refractivity contribution in [2.24, 2.45) is 7.05 Å². The first kappa shape index (κ1) is 20.8. The Bertz CT molecular complexity index is 833. The van der Waals surface area contributed by atoms with Crippen LogP contribution in [0.2, 0.25) is 0 Å². The van der Waals surface area contributed by atoms with Gasteiger partial charge in [-0.15, -0.1) is 0 Å². The van der Waals surface area contributed by atoms with Crippen LogP contribution >= 0.6 is 0 Å². The van der Waals surface area contributed by atoms with Crippen molar-refractivity contribution in [3.8, 4) is 5.75 Å². The van der Waals surface area contributed by atoms with E-state index in [9.17, 15) is 9.18 Å². The van der Waals surface area contributed by atoms with Gasteiger partial charge in [-0.2, -0.15) is 0 Å². The van der Waals surface area contributed by atoms with Gasteiger partial charge in [0.05, 0.1) is 6.54 Å². The standard InChI is InChI=1S/C22H29FN4O3/c1-25-13-9-24-21(25)8-12-26-10-6-18(7-11-26)27-14-20(30-16-22(27)28)15-29-19-4-2-17(23)3-5-19/h2-5,9,13,18,20H,6-8,10-12,14-16H2,1H3. The molecule has 2 fully saturated rings. The van der Waals surface area contributed by atoms with Crippen LogP contribution in [0.5, 0.6) is 5.75 Å². The number of halogens is 1. The number of rotatable bonds is 7. The lowest BCUT2D eigenvalue weighted by atomic mass is 10.0. The molecule has 1 atom stereocenters. The second kappa shape index (κ2) is 9.57. The third-order valence-electron chi connectivity index (χ3n) is 5.98. The molecule has 0 saturated carbocycles. The Hall–Kier alpha value is -2.45. The number of benzene rings is 1. The maximum absolute atomic E-state index is 13.0. The van der Waals surface area contributed by atoms with E-state index in [-0.39, 0.29) is 30.5 Å². The fourth-order valence-electron chi connectivity index (χ4n) is 4.17. The minimum absolute atomic E-state index is 0.0551. The summed E-state index contributed by atoms with van der Waals surface area (Å²) >= 11 is 0. The first-order chi connectivity index (χ1) is 14.6. The number of carbonyl (C=O) groups is 1. The van der Waals surface area contributed by atoms with Gasteiger partial charge in [0.25, 0.3) is 0 Å². The number of aryl methyl sites for hydroxylation is 1. The molecule has 30 heavy (non-hydrogen) atoms. The maximum Gasteiger partial charge on any atom is 0.248 e. The van der Waals surface area contributed by atoms with Crippen LogP contribution in [0.4, 0.5) is 4.39 Å². The summed E-state index contributed by atoms with van der Waals surface area (Å²) in [7, 11) is 2.02. The molecular weight excluding hydrogens is 387 g/mol. The van der Waals surface area contributed by atoms with Gasteiger partial charge >= 0.3 is 0 Å². The molecule has 1 aromatic heterocycles. The number of likely N-dealkylation sites (tertiary alicyclic amines) is 1. The monoisotopic (exact) mass is 416 g/mol. The molecule has 0 spiro atoms. The highest BCUT2D eigenvalue weighted by molar-refractivity contribution is 5.78.